The van der Waals surface area contributed by atoms with Gasteiger partial charge in [-0.3, -0.25) is 14.4 Å². The molecule has 3 aromatic heterocycles. The van der Waals surface area contributed by atoms with Crippen LogP contribution in [0.2, 0.25) is 0 Å². The van der Waals surface area contributed by atoms with Crippen molar-refractivity contribution in [3.05, 3.63) is 131 Å². The van der Waals surface area contributed by atoms with Crippen LogP contribution >= 0.6 is 0 Å². The van der Waals surface area contributed by atoms with E-state index in [1.807, 2.05) is 12.1 Å². The van der Waals surface area contributed by atoms with E-state index in [1.54, 1.807) is 6.20 Å². The topological polar surface area (TPSA) is 116 Å². The Labute approximate surface area is 426 Å². The van der Waals surface area contributed by atoms with Crippen LogP contribution in [0.5, 0.6) is 0 Å². The first-order valence-corrected chi connectivity index (χ1v) is 26.8. The molecular formula is C59H68F3N9O2. The number of carbonyl (C=O) groups excluding carboxylic acids is 1. The number of piperidine rings is 2. The van der Waals surface area contributed by atoms with Gasteiger partial charge in [0.25, 0.3) is 5.91 Å². The van der Waals surface area contributed by atoms with Crippen LogP contribution in [0.25, 0.3) is 44.2 Å². The highest BCUT2D eigenvalue weighted by molar-refractivity contribution is 5.95. The number of aryl methyl sites for hydroxylation is 1. The number of aliphatic hydroxyl groups is 1. The summed E-state index contributed by atoms with van der Waals surface area (Å²) >= 11 is 0. The molecular weight excluding hydrogens is 924 g/mol. The van der Waals surface area contributed by atoms with Gasteiger partial charge in [-0.1, -0.05) is 60.7 Å². The number of nitrogens with zero attached hydrogens (tertiary/aromatic N) is 7. The van der Waals surface area contributed by atoms with E-state index in [1.165, 1.54) is 58.9 Å². The number of aliphatic hydroxyl groups excluding tert-OH is 1. The summed E-state index contributed by atoms with van der Waals surface area (Å²) < 4.78 is 42.8. The average molecular weight is 992 g/mol. The number of rotatable bonds is 16. The van der Waals surface area contributed by atoms with Crippen LogP contribution in [0, 0.1) is 24.7 Å². The van der Waals surface area contributed by atoms with Crippen molar-refractivity contribution >= 4 is 33.8 Å². The van der Waals surface area contributed by atoms with Crippen molar-refractivity contribution in [3.8, 4) is 22.3 Å². The number of hydrogen-bond acceptors (Lipinski definition) is 8. The second-order valence-corrected chi connectivity index (χ2v) is 21.6. The fraction of sp³-hybridized carbons (Fsp3) is 0.458. The van der Waals surface area contributed by atoms with Gasteiger partial charge in [0.1, 0.15) is 5.65 Å². The molecule has 4 fully saturated rings. The lowest BCUT2D eigenvalue weighted by molar-refractivity contribution is -0.131. The van der Waals surface area contributed by atoms with Gasteiger partial charge in [0.05, 0.1) is 18.0 Å². The Morgan fingerprint density at radius 2 is 1.42 bits per heavy atom. The maximum absolute atomic E-state index is 13.6. The molecule has 0 atom stereocenters. The minimum Gasteiger partial charge on any atom is -0.393 e. The molecule has 0 bridgehead atoms. The van der Waals surface area contributed by atoms with Gasteiger partial charge in [-0.25, -0.2) is 4.98 Å². The van der Waals surface area contributed by atoms with Crippen LogP contribution in [0.1, 0.15) is 109 Å². The lowest BCUT2D eigenvalue weighted by Crippen LogP contribution is -2.42. The van der Waals surface area contributed by atoms with Gasteiger partial charge in [-0.2, -0.15) is 23.3 Å². The number of amides is 1. The zero-order valence-electron chi connectivity index (χ0n) is 42.0. The lowest BCUT2D eigenvalue weighted by Gasteiger charge is -2.40. The predicted molar refractivity (Wildman–Crippen MR) is 282 cm³/mol. The van der Waals surface area contributed by atoms with Crippen molar-refractivity contribution in [2.45, 2.75) is 122 Å². The Morgan fingerprint density at radius 3 is 2.14 bits per heavy atom. The van der Waals surface area contributed by atoms with Gasteiger partial charge in [0.15, 0.2) is 0 Å². The summed E-state index contributed by atoms with van der Waals surface area (Å²) in [7, 11) is 0. The molecule has 382 valence electrons. The third-order valence-electron chi connectivity index (χ3n) is 16.3. The van der Waals surface area contributed by atoms with Gasteiger partial charge in [-0.05, 0) is 165 Å². The number of benzene rings is 4. The number of halogens is 3. The molecule has 73 heavy (non-hydrogen) atoms. The molecule has 7 aromatic rings. The van der Waals surface area contributed by atoms with E-state index in [-0.39, 0.29) is 30.5 Å². The Kier molecular flexibility index (Phi) is 14.4. The first-order chi connectivity index (χ1) is 35.4. The van der Waals surface area contributed by atoms with Crippen LogP contribution in [-0.2, 0) is 26.2 Å². The van der Waals surface area contributed by atoms with Crippen molar-refractivity contribution in [3.63, 3.8) is 0 Å². The van der Waals surface area contributed by atoms with Crippen LogP contribution in [0.15, 0.2) is 104 Å². The van der Waals surface area contributed by atoms with E-state index < -0.39 is 12.6 Å². The molecule has 2 aliphatic carbocycles. The van der Waals surface area contributed by atoms with E-state index in [0.717, 1.165) is 117 Å². The van der Waals surface area contributed by atoms with Gasteiger partial charge < -0.3 is 25.2 Å². The molecule has 5 heterocycles. The molecule has 3 N–H and O–H groups in total. The first-order valence-electron chi connectivity index (χ1n) is 26.8. The average Bonchev–Trinajstić information content (AvgIpc) is 4.00. The Bertz CT molecular complexity index is 3010. The number of alkyl halides is 3. The third kappa shape index (κ3) is 11.8. The fourth-order valence-corrected chi connectivity index (χ4v) is 11.8. The van der Waals surface area contributed by atoms with Crippen LogP contribution in [0.4, 0.5) is 19.1 Å². The Balaban J connectivity index is 0.622. The third-order valence-corrected chi connectivity index (χ3v) is 16.3. The van der Waals surface area contributed by atoms with Crippen molar-refractivity contribution in [1.82, 2.24) is 39.4 Å². The van der Waals surface area contributed by atoms with Crippen LogP contribution in [0.3, 0.4) is 0 Å². The zero-order chi connectivity index (χ0) is 50.1. The molecule has 0 unspecified atom stereocenters. The molecule has 4 aromatic carbocycles. The Morgan fingerprint density at radius 1 is 0.740 bits per heavy atom. The molecule has 0 radical (unpaired) electrons. The summed E-state index contributed by atoms with van der Waals surface area (Å²) in [6, 6.07) is 30.3. The molecule has 2 aliphatic heterocycles. The summed E-state index contributed by atoms with van der Waals surface area (Å²) in [5.74, 6) is 2.44. The number of nitrogens with one attached hydrogen (secondary N) is 2. The maximum Gasteiger partial charge on any atom is 0.390 e. The number of likely N-dealkylation sites (tertiary alicyclic amines) is 2. The molecule has 4 aliphatic rings. The highest BCUT2D eigenvalue weighted by Crippen LogP contribution is 2.38. The predicted octanol–water partition coefficient (Wildman–Crippen LogP) is 11.7. The molecule has 11 nitrogen and oxygen atoms in total. The number of aromatic nitrogens is 5. The number of carbonyl (C=O) groups is 1. The standard InChI is InChI=1S/C59H68F3N9O2/c1-39-30-43(8-18-52(39)48-13-19-55-49(31-48)37-70(67-55)36-42-2-3-42)33-63-32-40-4-11-47(12-5-40)57(73)69-28-22-45(23-29-69)44-20-26-68(27-21-44)35-41-6-9-46(10-7-41)54-38-71(50-14-16-51(72)17-15-50)56-53(54)34-65-58(66-56)64-25-24-59(60,61)62/h4-13,18-19,30-31,34,37-38,42,44-45,50-51,63,72H,2-3,14-17,20-29,32-33,35-36H2,1H3,(H,64,65,66). The number of fused-ring (bicyclic) bond motifs is 2. The van der Waals surface area contributed by atoms with E-state index in [0.29, 0.717) is 30.3 Å². The molecule has 2 saturated carbocycles. The minimum atomic E-state index is -4.26. The summed E-state index contributed by atoms with van der Waals surface area (Å²) in [5, 5.41) is 23.4. The fourth-order valence-electron chi connectivity index (χ4n) is 11.8. The smallest absolute Gasteiger partial charge is 0.390 e. The van der Waals surface area contributed by atoms with Crippen molar-refractivity contribution in [1.29, 1.82) is 0 Å². The molecule has 11 rings (SSSR count). The number of anilines is 1. The molecule has 14 heteroatoms. The first kappa shape index (κ1) is 49.1. The molecule has 1 amide bonds. The minimum absolute atomic E-state index is 0.134. The largest absolute Gasteiger partial charge is 0.393 e. The van der Waals surface area contributed by atoms with Crippen molar-refractivity contribution in [2.75, 3.05) is 38.0 Å². The SMILES string of the molecule is Cc1cc(CNCc2ccc(C(=O)N3CCC(C4CCN(Cc5ccc(-c6cn(C7CCC(O)CC7)c7nc(NCCC(F)(F)F)ncc67)cc5)CC4)CC3)cc2)ccc1-c1ccc2nn(CC3CC3)cc2c1. The van der Waals surface area contributed by atoms with Gasteiger partial charge >= 0.3 is 6.18 Å². The zero-order valence-corrected chi connectivity index (χ0v) is 42.0. The summed E-state index contributed by atoms with van der Waals surface area (Å²) in [5.41, 5.74) is 11.9. The van der Waals surface area contributed by atoms with E-state index in [2.05, 4.69) is 127 Å². The van der Waals surface area contributed by atoms with Crippen molar-refractivity contribution in [2.24, 2.45) is 17.8 Å². The lowest BCUT2D eigenvalue weighted by atomic mass is 9.78. The van der Waals surface area contributed by atoms with Gasteiger partial charge in [0.2, 0.25) is 5.95 Å². The quantitative estimate of drug-likeness (QED) is 0.0877. The van der Waals surface area contributed by atoms with E-state index in [4.69, 9.17) is 10.1 Å². The maximum atomic E-state index is 13.6. The monoisotopic (exact) mass is 992 g/mol. The van der Waals surface area contributed by atoms with E-state index in [9.17, 15) is 23.1 Å². The second-order valence-electron chi connectivity index (χ2n) is 21.6. The van der Waals surface area contributed by atoms with Gasteiger partial charge in [-0.15, -0.1) is 0 Å². The Hall–Kier alpha value is -6.09. The summed E-state index contributed by atoms with van der Waals surface area (Å²) in [6.07, 6.45) is 10.6. The van der Waals surface area contributed by atoms with Crippen LogP contribution in [-0.4, -0.2) is 90.1 Å². The molecule has 2 saturated heterocycles. The second kappa shape index (κ2) is 21.4. The number of hydrogen-bond donors (Lipinski definition) is 3. The summed E-state index contributed by atoms with van der Waals surface area (Å²) in [4.78, 5) is 27.4. The summed E-state index contributed by atoms with van der Waals surface area (Å²) in [6.45, 7) is 9.05. The van der Waals surface area contributed by atoms with Crippen molar-refractivity contribution < 1.29 is 23.1 Å². The van der Waals surface area contributed by atoms with Crippen LogP contribution < -0.4 is 10.6 Å². The highest BCUT2D eigenvalue weighted by Gasteiger charge is 2.32. The van der Waals surface area contributed by atoms with E-state index >= 15 is 0 Å². The normalized spacial score (nSPS) is 19.5. The van der Waals surface area contributed by atoms with Gasteiger partial charge in [0, 0.05) is 92.3 Å². The highest BCUT2D eigenvalue weighted by atomic mass is 19.4. The molecule has 0 spiro atoms.